The molecular weight excluding hydrogens is 282 g/mol. The highest BCUT2D eigenvalue weighted by molar-refractivity contribution is 6.00. The van der Waals surface area contributed by atoms with Crippen LogP contribution in [0.4, 0.5) is 0 Å². The van der Waals surface area contributed by atoms with Gasteiger partial charge in [-0.25, -0.2) is 0 Å². The van der Waals surface area contributed by atoms with Crippen molar-refractivity contribution in [2.45, 2.75) is 57.8 Å². The van der Waals surface area contributed by atoms with Gasteiger partial charge in [0.2, 0.25) is 0 Å². The van der Waals surface area contributed by atoms with Gasteiger partial charge in [0.1, 0.15) is 0 Å². The van der Waals surface area contributed by atoms with Gasteiger partial charge >= 0.3 is 0 Å². The number of H-pyrrole nitrogens is 1. The van der Waals surface area contributed by atoms with E-state index in [0.29, 0.717) is 0 Å². The van der Waals surface area contributed by atoms with Crippen molar-refractivity contribution in [1.29, 1.82) is 0 Å². The van der Waals surface area contributed by atoms with Crippen molar-refractivity contribution in [3.8, 4) is 0 Å². The smallest absolute Gasteiger partial charge is 0.152 e. The molecule has 4 fully saturated rings. The zero-order valence-corrected chi connectivity index (χ0v) is 14.1. The summed E-state index contributed by atoms with van der Waals surface area (Å²) in [6.07, 6.45) is 9.32. The summed E-state index contributed by atoms with van der Waals surface area (Å²) in [5.41, 5.74) is 6.17. The van der Waals surface area contributed by atoms with Gasteiger partial charge in [0.05, 0.1) is 0 Å². The predicted octanol–water partition coefficient (Wildman–Crippen LogP) is 5.07. The van der Waals surface area contributed by atoms with Crippen LogP contribution in [0.2, 0.25) is 0 Å². The van der Waals surface area contributed by atoms with Gasteiger partial charge in [0.25, 0.3) is 0 Å². The molecule has 4 aliphatic carbocycles. The van der Waals surface area contributed by atoms with Crippen molar-refractivity contribution in [2.24, 2.45) is 17.8 Å². The van der Waals surface area contributed by atoms with Gasteiger partial charge in [-0.15, -0.1) is 0 Å². The zero-order valence-electron chi connectivity index (χ0n) is 14.1. The second kappa shape index (κ2) is 4.49. The van der Waals surface area contributed by atoms with Gasteiger partial charge in [0, 0.05) is 27.6 Å². The number of benzene rings is 1. The molecule has 0 unspecified atom stereocenters. The minimum Gasteiger partial charge on any atom is -0.357 e. The minimum atomic E-state index is 0.254. The Kier molecular flexibility index (Phi) is 2.70. The summed E-state index contributed by atoms with van der Waals surface area (Å²) in [4.78, 5) is 15.7. The number of nitrogens with one attached hydrogen (secondary N) is 1. The Morgan fingerprint density at radius 3 is 2.22 bits per heavy atom. The second-order valence-electron chi connectivity index (χ2n) is 8.73. The molecule has 0 radical (unpaired) electrons. The summed E-state index contributed by atoms with van der Waals surface area (Å²) >= 11 is 0. The molecule has 0 aliphatic heterocycles. The fourth-order valence-corrected chi connectivity index (χ4v) is 6.63. The molecule has 0 atom stereocenters. The van der Waals surface area contributed by atoms with Crippen molar-refractivity contribution in [3.63, 3.8) is 0 Å². The molecular formula is C21H25NO. The molecule has 1 aromatic heterocycles. The third kappa shape index (κ3) is 1.84. The Hall–Kier alpha value is -1.57. The highest BCUT2D eigenvalue weighted by Crippen LogP contribution is 2.61. The normalized spacial score (nSPS) is 35.1. The summed E-state index contributed by atoms with van der Waals surface area (Å²) in [6.45, 7) is 4.28. The van der Waals surface area contributed by atoms with Crippen LogP contribution in [0.5, 0.6) is 0 Å². The number of hydrogen-bond acceptors (Lipinski definition) is 1. The molecule has 0 saturated heterocycles. The molecule has 1 N–H and O–H groups in total. The lowest BCUT2D eigenvalue weighted by molar-refractivity contribution is -0.00710. The van der Waals surface area contributed by atoms with E-state index in [1.54, 1.807) is 0 Å². The van der Waals surface area contributed by atoms with Crippen LogP contribution in [0.25, 0.3) is 10.9 Å². The van der Waals surface area contributed by atoms with Gasteiger partial charge in [-0.1, -0.05) is 11.6 Å². The molecule has 1 heterocycles. The number of hydrogen-bond donors (Lipinski definition) is 1. The maximum Gasteiger partial charge on any atom is 0.152 e. The van der Waals surface area contributed by atoms with Gasteiger partial charge in [-0.05, 0) is 81.8 Å². The first kappa shape index (κ1) is 13.8. The van der Waals surface area contributed by atoms with E-state index in [4.69, 9.17) is 0 Å². The SMILES string of the molecule is Cc1cc(C)c2[nH]c(C34CC5CC(CC(C5)C3)C4)c(C=O)c2c1. The average molecular weight is 307 g/mol. The van der Waals surface area contributed by atoms with Crippen molar-refractivity contribution in [1.82, 2.24) is 4.98 Å². The fourth-order valence-electron chi connectivity index (χ4n) is 6.63. The third-order valence-electron chi connectivity index (χ3n) is 6.98. The first-order valence-electron chi connectivity index (χ1n) is 9.16. The lowest BCUT2D eigenvalue weighted by Crippen LogP contribution is -2.49. The van der Waals surface area contributed by atoms with Crippen molar-refractivity contribution >= 4 is 17.2 Å². The quantitative estimate of drug-likeness (QED) is 0.772. The van der Waals surface area contributed by atoms with Gasteiger partial charge < -0.3 is 4.98 Å². The number of aromatic nitrogens is 1. The Morgan fingerprint density at radius 2 is 1.65 bits per heavy atom. The number of aromatic amines is 1. The van der Waals surface area contributed by atoms with Gasteiger partial charge in [-0.3, -0.25) is 4.79 Å². The van der Waals surface area contributed by atoms with E-state index in [9.17, 15) is 4.79 Å². The molecule has 4 bridgehead atoms. The topological polar surface area (TPSA) is 32.9 Å². The maximum absolute atomic E-state index is 12.0. The Balaban J connectivity index is 1.74. The van der Waals surface area contributed by atoms with Crippen LogP contribution in [-0.4, -0.2) is 11.3 Å². The van der Waals surface area contributed by atoms with Crippen molar-refractivity contribution in [2.75, 3.05) is 0 Å². The first-order valence-corrected chi connectivity index (χ1v) is 9.16. The largest absolute Gasteiger partial charge is 0.357 e. The Labute approximate surface area is 137 Å². The number of carbonyl (C=O) groups is 1. The first-order chi connectivity index (χ1) is 11.1. The lowest BCUT2D eigenvalue weighted by Gasteiger charge is -2.56. The lowest BCUT2D eigenvalue weighted by atomic mass is 9.48. The van der Waals surface area contributed by atoms with Crippen molar-refractivity contribution in [3.05, 3.63) is 34.5 Å². The van der Waals surface area contributed by atoms with Crippen LogP contribution >= 0.6 is 0 Å². The van der Waals surface area contributed by atoms with E-state index in [1.165, 1.54) is 60.9 Å². The molecule has 6 rings (SSSR count). The third-order valence-corrected chi connectivity index (χ3v) is 6.98. The summed E-state index contributed by atoms with van der Waals surface area (Å²) in [5.74, 6) is 2.69. The standard InChI is InChI=1S/C21H25NO/c1-12-3-13(2)19-17(4-12)18(11-23)20(22-19)21-8-14-5-15(9-21)7-16(6-14)10-21/h3-4,11,14-16,22H,5-10H2,1-2H3. The van der Waals surface area contributed by atoms with Crippen LogP contribution in [0.15, 0.2) is 12.1 Å². The summed E-state index contributed by atoms with van der Waals surface area (Å²) in [6, 6.07) is 4.41. The Bertz CT molecular complexity index is 778. The van der Waals surface area contributed by atoms with E-state index in [0.717, 1.165) is 35.0 Å². The van der Waals surface area contributed by atoms with E-state index in [2.05, 4.69) is 31.0 Å². The molecule has 4 aliphatic rings. The predicted molar refractivity (Wildman–Crippen MR) is 93.0 cm³/mol. The number of fused-ring (bicyclic) bond motifs is 1. The van der Waals surface area contributed by atoms with Crippen LogP contribution < -0.4 is 0 Å². The van der Waals surface area contributed by atoms with Crippen LogP contribution in [-0.2, 0) is 5.41 Å². The molecule has 0 amide bonds. The molecule has 0 spiro atoms. The fraction of sp³-hybridized carbons (Fsp3) is 0.571. The molecule has 2 heteroatoms. The van der Waals surface area contributed by atoms with E-state index >= 15 is 0 Å². The van der Waals surface area contributed by atoms with Crippen LogP contribution in [0.1, 0.15) is 65.7 Å². The van der Waals surface area contributed by atoms with Gasteiger partial charge in [-0.2, -0.15) is 0 Å². The highest BCUT2D eigenvalue weighted by atomic mass is 16.1. The van der Waals surface area contributed by atoms with E-state index < -0.39 is 0 Å². The highest BCUT2D eigenvalue weighted by Gasteiger charge is 2.53. The summed E-state index contributed by atoms with van der Waals surface area (Å²) in [5, 5.41) is 1.14. The average Bonchev–Trinajstić information content (AvgIpc) is 2.85. The molecule has 2 nitrogen and oxygen atoms in total. The van der Waals surface area contributed by atoms with E-state index in [-0.39, 0.29) is 5.41 Å². The Morgan fingerprint density at radius 1 is 1.04 bits per heavy atom. The zero-order chi connectivity index (χ0) is 15.8. The number of aryl methyl sites for hydroxylation is 2. The maximum atomic E-state index is 12.0. The van der Waals surface area contributed by atoms with E-state index in [1.807, 2.05) is 0 Å². The summed E-state index contributed by atoms with van der Waals surface area (Å²) in [7, 11) is 0. The number of rotatable bonds is 2. The number of carbonyl (C=O) groups excluding carboxylic acids is 1. The molecule has 23 heavy (non-hydrogen) atoms. The monoisotopic (exact) mass is 307 g/mol. The molecule has 2 aromatic rings. The summed E-state index contributed by atoms with van der Waals surface area (Å²) < 4.78 is 0. The van der Waals surface area contributed by atoms with Crippen molar-refractivity contribution < 1.29 is 4.79 Å². The van der Waals surface area contributed by atoms with Gasteiger partial charge in [0.15, 0.2) is 6.29 Å². The number of aldehydes is 1. The second-order valence-corrected chi connectivity index (χ2v) is 8.73. The molecule has 120 valence electrons. The van der Waals surface area contributed by atoms with Crippen LogP contribution in [0.3, 0.4) is 0 Å². The molecule has 4 saturated carbocycles. The molecule has 1 aromatic carbocycles. The minimum absolute atomic E-state index is 0.254. The van der Waals surface area contributed by atoms with Crippen LogP contribution in [0, 0.1) is 31.6 Å².